The van der Waals surface area contributed by atoms with Crippen molar-refractivity contribution in [3.05, 3.63) is 28.0 Å². The molecule has 1 heterocycles. The van der Waals surface area contributed by atoms with Crippen molar-refractivity contribution < 1.29 is 9.18 Å². The molecule has 0 aliphatic carbocycles. The van der Waals surface area contributed by atoms with Gasteiger partial charge in [-0.15, -0.1) is 0 Å². The van der Waals surface area contributed by atoms with Gasteiger partial charge in [0.05, 0.1) is 10.2 Å². The van der Waals surface area contributed by atoms with Gasteiger partial charge < -0.3 is 16.0 Å². The second-order valence-corrected chi connectivity index (χ2v) is 5.77. The van der Waals surface area contributed by atoms with Crippen molar-refractivity contribution in [2.45, 2.75) is 19.4 Å². The zero-order valence-electron chi connectivity index (χ0n) is 11.0. The molecule has 1 fully saturated rings. The van der Waals surface area contributed by atoms with Gasteiger partial charge in [-0.2, -0.15) is 0 Å². The fourth-order valence-electron chi connectivity index (χ4n) is 2.36. The summed E-state index contributed by atoms with van der Waals surface area (Å²) in [5.74, 6) is -0.517. The van der Waals surface area contributed by atoms with E-state index in [2.05, 4.69) is 21.2 Å². The Labute approximate surface area is 130 Å². The number of halogens is 2. The maximum absolute atomic E-state index is 14.5. The zero-order valence-corrected chi connectivity index (χ0v) is 13.4. The lowest BCUT2D eigenvalue weighted by atomic mass is 10.1. The topological polar surface area (TPSA) is 58.4 Å². The van der Waals surface area contributed by atoms with Crippen LogP contribution in [0.15, 0.2) is 16.6 Å². The summed E-state index contributed by atoms with van der Waals surface area (Å²) >= 11 is 8.06. The Morgan fingerprint density at radius 2 is 2.35 bits per heavy atom. The Morgan fingerprint density at radius 1 is 1.65 bits per heavy atom. The van der Waals surface area contributed by atoms with Crippen LogP contribution in [0.3, 0.4) is 0 Å². The van der Waals surface area contributed by atoms with Crippen LogP contribution >= 0.6 is 28.1 Å². The van der Waals surface area contributed by atoms with E-state index in [0.29, 0.717) is 30.8 Å². The molecule has 0 radical (unpaired) electrons. The van der Waals surface area contributed by atoms with E-state index in [9.17, 15) is 9.18 Å². The van der Waals surface area contributed by atoms with Crippen LogP contribution in [0.4, 0.5) is 10.1 Å². The van der Waals surface area contributed by atoms with Crippen LogP contribution in [0.25, 0.3) is 0 Å². The van der Waals surface area contributed by atoms with E-state index in [-0.39, 0.29) is 21.4 Å². The first kappa shape index (κ1) is 15.2. The summed E-state index contributed by atoms with van der Waals surface area (Å²) in [7, 11) is 0. The number of hydrogen-bond donors (Lipinski definition) is 2. The highest BCUT2D eigenvalue weighted by atomic mass is 79.9. The van der Waals surface area contributed by atoms with Crippen molar-refractivity contribution in [2.75, 3.05) is 18.0 Å². The van der Waals surface area contributed by atoms with Crippen molar-refractivity contribution in [3.63, 3.8) is 0 Å². The lowest BCUT2D eigenvalue weighted by molar-refractivity contribution is -0.123. The van der Waals surface area contributed by atoms with Gasteiger partial charge in [-0.1, -0.05) is 19.1 Å². The van der Waals surface area contributed by atoms with Gasteiger partial charge in [-0.25, -0.2) is 4.39 Å². The minimum atomic E-state index is -0.441. The molecular weight excluding hydrogens is 345 g/mol. The molecule has 2 rings (SSSR count). The summed E-state index contributed by atoms with van der Waals surface area (Å²) in [5.41, 5.74) is 6.39. The quantitative estimate of drug-likeness (QED) is 0.809. The van der Waals surface area contributed by atoms with Crippen LogP contribution in [0, 0.1) is 5.82 Å². The second kappa shape index (κ2) is 6.05. The summed E-state index contributed by atoms with van der Waals surface area (Å²) in [6, 6.07) is 2.93. The van der Waals surface area contributed by atoms with E-state index in [1.165, 1.54) is 0 Å². The molecule has 0 aromatic heterocycles. The number of benzene rings is 1. The van der Waals surface area contributed by atoms with Crippen LogP contribution in [0.2, 0.25) is 0 Å². The summed E-state index contributed by atoms with van der Waals surface area (Å²) in [5, 5.41) is 2.79. The fourth-order valence-corrected chi connectivity index (χ4v) is 3.21. The highest BCUT2D eigenvalue weighted by Crippen LogP contribution is 2.31. The van der Waals surface area contributed by atoms with Crippen LogP contribution in [-0.2, 0) is 4.79 Å². The molecular formula is C13H15BrFN3OS. The average Bonchev–Trinajstić information content (AvgIpc) is 2.41. The SMILES string of the molecule is CCC1C(=O)NCCN1c1ccc(C(N)=S)c(Br)c1F. The molecule has 1 aromatic rings. The van der Waals surface area contributed by atoms with Crippen LogP contribution in [0.1, 0.15) is 18.9 Å². The Hall–Kier alpha value is -1.21. The molecule has 1 aliphatic rings. The van der Waals surface area contributed by atoms with Crippen molar-refractivity contribution in [2.24, 2.45) is 5.73 Å². The van der Waals surface area contributed by atoms with Crippen LogP contribution < -0.4 is 16.0 Å². The number of carbonyl (C=O) groups excluding carboxylic acids is 1. The molecule has 7 heteroatoms. The number of piperazine rings is 1. The molecule has 1 amide bonds. The second-order valence-electron chi connectivity index (χ2n) is 4.53. The number of nitrogens with two attached hydrogens (primary N) is 1. The van der Waals surface area contributed by atoms with Crippen LogP contribution in [-0.4, -0.2) is 30.0 Å². The molecule has 4 nitrogen and oxygen atoms in total. The Balaban J connectivity index is 2.44. The number of thiocarbonyl (C=S) groups is 1. The molecule has 3 N–H and O–H groups in total. The van der Waals surface area contributed by atoms with E-state index in [1.807, 2.05) is 6.92 Å². The molecule has 1 atom stereocenters. The van der Waals surface area contributed by atoms with E-state index in [4.69, 9.17) is 18.0 Å². The number of amides is 1. The third-order valence-electron chi connectivity index (χ3n) is 3.35. The van der Waals surface area contributed by atoms with Crippen molar-refractivity contribution in [1.29, 1.82) is 0 Å². The van der Waals surface area contributed by atoms with Crippen molar-refractivity contribution in [3.8, 4) is 0 Å². The first-order valence-corrected chi connectivity index (χ1v) is 7.49. The van der Waals surface area contributed by atoms with Crippen molar-refractivity contribution in [1.82, 2.24) is 5.32 Å². The normalized spacial score (nSPS) is 18.9. The largest absolute Gasteiger partial charge is 0.389 e. The lowest BCUT2D eigenvalue weighted by Gasteiger charge is -2.36. The summed E-state index contributed by atoms with van der Waals surface area (Å²) in [4.78, 5) is 13.8. The molecule has 1 aromatic carbocycles. The molecule has 1 aliphatic heterocycles. The molecule has 0 spiro atoms. The summed E-state index contributed by atoms with van der Waals surface area (Å²) in [6.45, 7) is 2.97. The summed E-state index contributed by atoms with van der Waals surface area (Å²) in [6.07, 6.45) is 0.611. The van der Waals surface area contributed by atoms with Gasteiger partial charge in [0.2, 0.25) is 5.91 Å². The van der Waals surface area contributed by atoms with E-state index in [0.717, 1.165) is 0 Å². The van der Waals surface area contributed by atoms with Gasteiger partial charge in [0.1, 0.15) is 11.0 Å². The minimum absolute atomic E-state index is 0.0762. The first-order chi connectivity index (χ1) is 9.47. The van der Waals surface area contributed by atoms with Gasteiger partial charge in [-0.3, -0.25) is 4.79 Å². The molecule has 0 bridgehead atoms. The number of rotatable bonds is 3. The van der Waals surface area contributed by atoms with Gasteiger partial charge >= 0.3 is 0 Å². The van der Waals surface area contributed by atoms with Gasteiger partial charge in [0, 0.05) is 18.7 Å². The Bertz CT molecular complexity index is 567. The highest BCUT2D eigenvalue weighted by Gasteiger charge is 2.30. The Morgan fingerprint density at radius 3 is 2.95 bits per heavy atom. The molecule has 0 saturated carbocycles. The number of nitrogens with zero attached hydrogens (tertiary/aromatic N) is 1. The molecule has 1 unspecified atom stereocenters. The predicted octanol–water partition coefficient (Wildman–Crippen LogP) is 1.94. The number of hydrogen-bond acceptors (Lipinski definition) is 3. The number of carbonyl (C=O) groups is 1. The highest BCUT2D eigenvalue weighted by molar-refractivity contribution is 9.10. The number of nitrogens with one attached hydrogen (secondary N) is 1. The lowest BCUT2D eigenvalue weighted by Crippen LogP contribution is -2.55. The van der Waals surface area contributed by atoms with E-state index >= 15 is 0 Å². The van der Waals surface area contributed by atoms with Gasteiger partial charge in [-0.05, 0) is 34.5 Å². The third kappa shape index (κ3) is 2.64. The summed E-state index contributed by atoms with van der Waals surface area (Å²) < 4.78 is 14.7. The van der Waals surface area contributed by atoms with Gasteiger partial charge in [0.25, 0.3) is 0 Å². The first-order valence-electron chi connectivity index (χ1n) is 6.29. The standard InChI is InChI=1S/C13H15BrFN3OS/c1-2-8-13(19)17-5-6-18(8)9-4-3-7(12(16)20)10(14)11(9)15/h3-4,8H,2,5-6H2,1H3,(H2,16,20)(H,17,19). The fraction of sp³-hybridized carbons (Fsp3) is 0.385. The van der Waals surface area contributed by atoms with Gasteiger partial charge in [0.15, 0.2) is 5.82 Å². The molecule has 1 saturated heterocycles. The monoisotopic (exact) mass is 359 g/mol. The number of anilines is 1. The Kier molecular flexibility index (Phi) is 4.59. The third-order valence-corrected chi connectivity index (χ3v) is 4.35. The molecule has 20 heavy (non-hydrogen) atoms. The maximum atomic E-state index is 14.5. The minimum Gasteiger partial charge on any atom is -0.389 e. The predicted molar refractivity (Wildman–Crippen MR) is 84.4 cm³/mol. The average molecular weight is 360 g/mol. The van der Waals surface area contributed by atoms with Crippen LogP contribution in [0.5, 0.6) is 0 Å². The van der Waals surface area contributed by atoms with E-state index < -0.39 is 5.82 Å². The van der Waals surface area contributed by atoms with E-state index in [1.54, 1.807) is 17.0 Å². The molecule has 108 valence electrons. The van der Waals surface area contributed by atoms with Crippen molar-refractivity contribution >= 4 is 44.7 Å². The zero-order chi connectivity index (χ0) is 14.9. The maximum Gasteiger partial charge on any atom is 0.242 e. The smallest absolute Gasteiger partial charge is 0.242 e.